The summed E-state index contributed by atoms with van der Waals surface area (Å²) in [5, 5.41) is 4.82. The van der Waals surface area contributed by atoms with Crippen molar-refractivity contribution in [3.63, 3.8) is 0 Å². The molecule has 34 heavy (non-hydrogen) atoms. The van der Waals surface area contributed by atoms with Gasteiger partial charge in [0, 0.05) is 31.8 Å². The highest BCUT2D eigenvalue weighted by atomic mass is 32.2. The number of methoxy groups -OCH3 is 1. The van der Waals surface area contributed by atoms with E-state index in [-0.39, 0.29) is 4.90 Å². The summed E-state index contributed by atoms with van der Waals surface area (Å²) in [6.07, 6.45) is 0. The van der Waals surface area contributed by atoms with E-state index in [0.29, 0.717) is 30.3 Å². The summed E-state index contributed by atoms with van der Waals surface area (Å²) >= 11 is 0. The first-order chi connectivity index (χ1) is 16.3. The molecule has 2 aromatic carbocycles. The van der Waals surface area contributed by atoms with Crippen LogP contribution in [-0.4, -0.2) is 61.7 Å². The van der Waals surface area contributed by atoms with E-state index in [1.165, 1.54) is 18.4 Å². The maximum absolute atomic E-state index is 12.4. The molecule has 2 heterocycles. The van der Waals surface area contributed by atoms with Crippen LogP contribution in [0.3, 0.4) is 0 Å². The van der Waals surface area contributed by atoms with Gasteiger partial charge in [0.1, 0.15) is 6.61 Å². The van der Waals surface area contributed by atoms with Gasteiger partial charge in [-0.2, -0.15) is 5.10 Å². The van der Waals surface area contributed by atoms with E-state index >= 15 is 0 Å². The van der Waals surface area contributed by atoms with Gasteiger partial charge in [-0.3, -0.25) is 0 Å². The molecule has 4 rings (SSSR count). The highest BCUT2D eigenvalue weighted by Gasteiger charge is 2.19. The minimum Gasteiger partial charge on any atom is -0.493 e. The average molecular weight is 482 g/mol. The van der Waals surface area contributed by atoms with Crippen molar-refractivity contribution in [3.05, 3.63) is 60.3 Å². The van der Waals surface area contributed by atoms with Gasteiger partial charge in [-0.05, 0) is 49.4 Å². The van der Waals surface area contributed by atoms with Gasteiger partial charge < -0.3 is 15.2 Å². The fraction of sp³-hybridized carbons (Fsp3) is 0.250. The Kier molecular flexibility index (Phi) is 6.56. The molecule has 0 amide bonds. The predicted octanol–water partition coefficient (Wildman–Crippen LogP) is 2.97. The number of nitrogens with zero attached hydrogens (tertiary/aromatic N) is 4. The van der Waals surface area contributed by atoms with Crippen LogP contribution in [0.15, 0.2) is 59.5 Å². The van der Waals surface area contributed by atoms with Crippen LogP contribution < -0.4 is 15.2 Å². The third kappa shape index (κ3) is 4.35. The minimum absolute atomic E-state index is 0.227. The Labute approximate surface area is 198 Å². The number of aromatic nitrogens is 3. The highest BCUT2D eigenvalue weighted by molar-refractivity contribution is 7.89. The van der Waals surface area contributed by atoms with E-state index in [1.807, 2.05) is 37.3 Å². The molecule has 2 aromatic heterocycles. The van der Waals surface area contributed by atoms with Crippen LogP contribution >= 0.6 is 0 Å². The Hall–Kier alpha value is -3.47. The van der Waals surface area contributed by atoms with Crippen LogP contribution in [0.2, 0.25) is 0 Å². The quantitative estimate of drug-likeness (QED) is 0.412. The van der Waals surface area contributed by atoms with Crippen molar-refractivity contribution in [3.8, 4) is 34.0 Å². The van der Waals surface area contributed by atoms with Crippen molar-refractivity contribution in [2.75, 3.05) is 34.4 Å². The van der Waals surface area contributed by atoms with Crippen molar-refractivity contribution in [2.45, 2.75) is 11.8 Å². The van der Waals surface area contributed by atoms with Crippen molar-refractivity contribution >= 4 is 15.7 Å². The highest BCUT2D eigenvalue weighted by Crippen LogP contribution is 2.33. The van der Waals surface area contributed by atoms with Gasteiger partial charge in [-0.25, -0.2) is 22.2 Å². The third-order valence-corrected chi connectivity index (χ3v) is 7.22. The molecule has 2 N–H and O–H groups in total. The van der Waals surface area contributed by atoms with E-state index < -0.39 is 10.0 Å². The lowest BCUT2D eigenvalue weighted by Crippen LogP contribution is -2.22. The first kappa shape index (κ1) is 23.7. The predicted molar refractivity (Wildman–Crippen MR) is 131 cm³/mol. The lowest BCUT2D eigenvalue weighted by molar-refractivity contribution is 0.302. The maximum Gasteiger partial charge on any atom is 0.242 e. The standard InChI is InChI=1S/C24H27N5O4S/c1-16-24(17-5-8-19(9-6-17)34(30,31)28(2)3)29-23(26-16)12-10-20(27-29)18-7-11-21(33-14-13-25)22(15-18)32-4/h5-12,15H,13-14,25H2,1-4H3. The number of ether oxygens (including phenoxy) is 2. The van der Waals surface area contributed by atoms with Gasteiger partial charge in [0.15, 0.2) is 17.1 Å². The van der Waals surface area contributed by atoms with Gasteiger partial charge in [0.25, 0.3) is 0 Å². The van der Waals surface area contributed by atoms with Crippen LogP contribution in [0, 0.1) is 6.92 Å². The normalized spacial score (nSPS) is 11.8. The molecule has 10 heteroatoms. The lowest BCUT2D eigenvalue weighted by atomic mass is 10.1. The van der Waals surface area contributed by atoms with E-state index in [2.05, 4.69) is 4.98 Å². The first-order valence-electron chi connectivity index (χ1n) is 10.7. The number of fused-ring (bicyclic) bond motifs is 1. The van der Waals surface area contributed by atoms with E-state index in [9.17, 15) is 8.42 Å². The second kappa shape index (κ2) is 9.41. The second-order valence-electron chi connectivity index (χ2n) is 7.85. The van der Waals surface area contributed by atoms with Gasteiger partial charge in [-0.15, -0.1) is 0 Å². The number of aryl methyl sites for hydroxylation is 1. The number of rotatable bonds is 8. The van der Waals surface area contributed by atoms with Crippen LogP contribution in [0.1, 0.15) is 5.69 Å². The first-order valence-corrected chi connectivity index (χ1v) is 12.1. The Balaban J connectivity index is 1.76. The van der Waals surface area contributed by atoms with E-state index in [1.54, 1.807) is 35.9 Å². The molecule has 0 saturated carbocycles. The molecule has 0 aliphatic heterocycles. The molecule has 178 valence electrons. The van der Waals surface area contributed by atoms with Gasteiger partial charge >= 0.3 is 0 Å². The van der Waals surface area contributed by atoms with E-state index in [4.69, 9.17) is 20.3 Å². The van der Waals surface area contributed by atoms with Gasteiger partial charge in [-0.1, -0.05) is 12.1 Å². The Morgan fingerprint density at radius 2 is 1.71 bits per heavy atom. The Bertz CT molecular complexity index is 1430. The summed E-state index contributed by atoms with van der Waals surface area (Å²) in [5.41, 5.74) is 10.2. The Morgan fingerprint density at radius 1 is 1.00 bits per heavy atom. The summed E-state index contributed by atoms with van der Waals surface area (Å²) in [6, 6.07) is 16.1. The molecular weight excluding hydrogens is 454 g/mol. The molecule has 0 saturated heterocycles. The molecule has 0 unspecified atom stereocenters. The number of imidazole rings is 1. The zero-order valence-electron chi connectivity index (χ0n) is 19.5. The lowest BCUT2D eigenvalue weighted by Gasteiger charge is -2.12. The average Bonchev–Trinajstić information content (AvgIpc) is 3.17. The smallest absolute Gasteiger partial charge is 0.242 e. The topological polar surface area (TPSA) is 112 Å². The van der Waals surface area contributed by atoms with Gasteiger partial charge in [0.2, 0.25) is 10.0 Å². The molecule has 4 aromatic rings. The molecule has 0 spiro atoms. The molecule has 0 fully saturated rings. The van der Waals surface area contributed by atoms with Gasteiger partial charge in [0.05, 0.1) is 29.1 Å². The monoisotopic (exact) mass is 481 g/mol. The zero-order valence-corrected chi connectivity index (χ0v) is 20.3. The molecule has 0 aliphatic carbocycles. The largest absolute Gasteiger partial charge is 0.493 e. The molecule has 0 atom stereocenters. The summed E-state index contributed by atoms with van der Waals surface area (Å²) in [7, 11) is 1.10. The summed E-state index contributed by atoms with van der Waals surface area (Å²) in [4.78, 5) is 4.85. The number of sulfonamides is 1. The van der Waals surface area contributed by atoms with Crippen molar-refractivity contribution in [1.29, 1.82) is 0 Å². The van der Waals surface area contributed by atoms with Crippen LogP contribution in [0.4, 0.5) is 0 Å². The number of hydrogen-bond acceptors (Lipinski definition) is 7. The fourth-order valence-corrected chi connectivity index (χ4v) is 4.54. The minimum atomic E-state index is -3.51. The number of benzene rings is 2. The van der Waals surface area contributed by atoms with E-state index in [0.717, 1.165) is 28.2 Å². The molecule has 0 bridgehead atoms. The second-order valence-corrected chi connectivity index (χ2v) is 10.0. The zero-order chi connectivity index (χ0) is 24.5. The number of hydrogen-bond donors (Lipinski definition) is 1. The maximum atomic E-state index is 12.4. The molecular formula is C24H27N5O4S. The van der Waals surface area contributed by atoms with Crippen LogP contribution in [-0.2, 0) is 10.0 Å². The SMILES string of the molecule is COc1cc(-c2ccc3nc(C)c(-c4ccc(S(=O)(=O)N(C)C)cc4)n3n2)ccc1OCCN. The van der Waals surface area contributed by atoms with Crippen molar-refractivity contribution in [2.24, 2.45) is 5.73 Å². The molecule has 0 radical (unpaired) electrons. The molecule has 9 nitrogen and oxygen atoms in total. The Morgan fingerprint density at radius 3 is 2.35 bits per heavy atom. The molecule has 0 aliphatic rings. The van der Waals surface area contributed by atoms with Crippen molar-refractivity contribution < 1.29 is 17.9 Å². The fourth-order valence-electron chi connectivity index (χ4n) is 3.64. The summed E-state index contributed by atoms with van der Waals surface area (Å²) < 4.78 is 38.9. The van der Waals surface area contributed by atoms with Crippen LogP contribution in [0.5, 0.6) is 11.5 Å². The summed E-state index contributed by atoms with van der Waals surface area (Å²) in [5.74, 6) is 1.21. The van der Waals surface area contributed by atoms with Crippen molar-refractivity contribution in [1.82, 2.24) is 18.9 Å². The van der Waals surface area contributed by atoms with Crippen LogP contribution in [0.25, 0.3) is 28.2 Å². The number of nitrogens with two attached hydrogens (primary N) is 1. The third-order valence-electron chi connectivity index (χ3n) is 5.39. The summed E-state index contributed by atoms with van der Waals surface area (Å²) in [6.45, 7) is 2.71.